The molecule has 0 saturated carbocycles. The van der Waals surface area contributed by atoms with Crippen LogP contribution in [0.2, 0.25) is 0 Å². The van der Waals surface area contributed by atoms with Gasteiger partial charge in [0.2, 0.25) is 5.91 Å². The second-order valence-electron chi connectivity index (χ2n) is 6.53. The molecule has 0 N–H and O–H groups in total. The van der Waals surface area contributed by atoms with Gasteiger partial charge in [0.15, 0.2) is 0 Å². The van der Waals surface area contributed by atoms with Gasteiger partial charge < -0.3 is 4.90 Å². The lowest BCUT2D eigenvalue weighted by atomic mass is 9.96. The standard InChI is InChI=1S/C16H24FNO3S/c1-12(13-8-6-7-9-14(13)17)15(19)18(16(2,3)4)10-11-22(5,20)21/h6-9,12H,10-11H2,1-5H3/t12-/m1/s1. The molecule has 0 heterocycles. The van der Waals surface area contributed by atoms with E-state index in [4.69, 9.17) is 0 Å². The first-order chi connectivity index (χ1) is 9.93. The number of hydrogen-bond acceptors (Lipinski definition) is 3. The summed E-state index contributed by atoms with van der Waals surface area (Å²) in [7, 11) is -3.18. The van der Waals surface area contributed by atoms with Crippen LogP contribution in [0.15, 0.2) is 24.3 Å². The van der Waals surface area contributed by atoms with Crippen LogP contribution >= 0.6 is 0 Å². The number of amides is 1. The molecule has 0 unspecified atom stereocenters. The number of carbonyl (C=O) groups is 1. The highest BCUT2D eigenvalue weighted by Crippen LogP contribution is 2.25. The predicted octanol–water partition coefficient (Wildman–Crippen LogP) is 2.60. The largest absolute Gasteiger partial charge is 0.336 e. The van der Waals surface area contributed by atoms with Crippen LogP contribution < -0.4 is 0 Å². The molecule has 1 aromatic rings. The van der Waals surface area contributed by atoms with Crippen molar-refractivity contribution >= 4 is 15.7 Å². The first kappa shape index (κ1) is 18.6. The zero-order valence-corrected chi connectivity index (χ0v) is 14.6. The monoisotopic (exact) mass is 329 g/mol. The maximum Gasteiger partial charge on any atom is 0.230 e. The smallest absolute Gasteiger partial charge is 0.230 e. The van der Waals surface area contributed by atoms with Gasteiger partial charge in [-0.25, -0.2) is 12.8 Å². The molecule has 0 spiro atoms. The van der Waals surface area contributed by atoms with E-state index in [2.05, 4.69) is 0 Å². The Labute approximate surface area is 132 Å². The SMILES string of the molecule is C[C@@H](C(=O)N(CCS(C)(=O)=O)C(C)(C)C)c1ccccc1F. The molecule has 0 saturated heterocycles. The Morgan fingerprint density at radius 3 is 2.27 bits per heavy atom. The summed E-state index contributed by atoms with van der Waals surface area (Å²) >= 11 is 0. The lowest BCUT2D eigenvalue weighted by molar-refractivity contribution is -0.136. The highest BCUT2D eigenvalue weighted by molar-refractivity contribution is 7.90. The van der Waals surface area contributed by atoms with Gasteiger partial charge >= 0.3 is 0 Å². The third-order valence-corrected chi connectivity index (χ3v) is 4.43. The Bertz CT molecular complexity index is 635. The molecule has 1 rings (SSSR count). The van der Waals surface area contributed by atoms with Gasteiger partial charge in [0.25, 0.3) is 0 Å². The number of rotatable bonds is 5. The molecule has 0 radical (unpaired) electrons. The normalized spacial score (nSPS) is 13.7. The van der Waals surface area contributed by atoms with Crippen molar-refractivity contribution < 1.29 is 17.6 Å². The fourth-order valence-electron chi connectivity index (χ4n) is 2.23. The summed E-state index contributed by atoms with van der Waals surface area (Å²) in [6.45, 7) is 7.24. The Kier molecular flexibility index (Phi) is 5.73. The van der Waals surface area contributed by atoms with Gasteiger partial charge in [-0.05, 0) is 39.3 Å². The molecule has 0 aliphatic carbocycles. The molecular formula is C16H24FNO3S. The summed E-state index contributed by atoms with van der Waals surface area (Å²) in [6.07, 6.45) is 1.14. The maximum atomic E-state index is 13.9. The van der Waals surface area contributed by atoms with Gasteiger partial charge in [-0.1, -0.05) is 18.2 Å². The fourth-order valence-corrected chi connectivity index (χ4v) is 2.74. The topological polar surface area (TPSA) is 54.5 Å². The zero-order valence-electron chi connectivity index (χ0n) is 13.8. The molecule has 1 aromatic carbocycles. The van der Waals surface area contributed by atoms with Gasteiger partial charge in [0.1, 0.15) is 15.7 Å². The number of benzene rings is 1. The Hall–Kier alpha value is -1.43. The summed E-state index contributed by atoms with van der Waals surface area (Å²) in [5, 5.41) is 0. The van der Waals surface area contributed by atoms with Gasteiger partial charge in [0, 0.05) is 18.3 Å². The fraction of sp³-hybridized carbons (Fsp3) is 0.562. The molecule has 0 bridgehead atoms. The van der Waals surface area contributed by atoms with Crippen LogP contribution in [0.5, 0.6) is 0 Å². The van der Waals surface area contributed by atoms with Crippen molar-refractivity contribution in [1.82, 2.24) is 4.90 Å². The summed E-state index contributed by atoms with van der Waals surface area (Å²) < 4.78 is 36.6. The van der Waals surface area contributed by atoms with Crippen molar-refractivity contribution in [3.63, 3.8) is 0 Å². The second kappa shape index (κ2) is 6.77. The van der Waals surface area contributed by atoms with Crippen molar-refractivity contribution in [2.24, 2.45) is 0 Å². The third kappa shape index (κ3) is 5.09. The van der Waals surface area contributed by atoms with E-state index in [-0.39, 0.29) is 18.2 Å². The molecular weight excluding hydrogens is 305 g/mol. The van der Waals surface area contributed by atoms with Crippen LogP contribution in [0, 0.1) is 5.82 Å². The molecule has 1 amide bonds. The van der Waals surface area contributed by atoms with Crippen LogP contribution in [-0.4, -0.2) is 43.3 Å². The van der Waals surface area contributed by atoms with Gasteiger partial charge in [-0.3, -0.25) is 4.79 Å². The van der Waals surface area contributed by atoms with Crippen LogP contribution in [0.25, 0.3) is 0 Å². The number of sulfone groups is 1. The number of hydrogen-bond donors (Lipinski definition) is 0. The lowest BCUT2D eigenvalue weighted by Crippen LogP contribution is -2.49. The minimum Gasteiger partial charge on any atom is -0.336 e. The molecule has 6 heteroatoms. The number of carbonyl (C=O) groups excluding carboxylic acids is 1. The molecule has 124 valence electrons. The predicted molar refractivity (Wildman–Crippen MR) is 86.0 cm³/mol. The molecule has 0 fully saturated rings. The van der Waals surface area contributed by atoms with E-state index in [0.717, 1.165) is 6.26 Å². The van der Waals surface area contributed by atoms with Gasteiger partial charge in [-0.2, -0.15) is 0 Å². The second-order valence-corrected chi connectivity index (χ2v) is 8.79. The molecule has 4 nitrogen and oxygen atoms in total. The first-order valence-corrected chi connectivity index (χ1v) is 9.23. The van der Waals surface area contributed by atoms with E-state index >= 15 is 0 Å². The number of halogens is 1. The van der Waals surface area contributed by atoms with E-state index in [9.17, 15) is 17.6 Å². The maximum absolute atomic E-state index is 13.9. The van der Waals surface area contributed by atoms with Crippen molar-refractivity contribution in [2.45, 2.75) is 39.2 Å². The lowest BCUT2D eigenvalue weighted by Gasteiger charge is -2.37. The quantitative estimate of drug-likeness (QED) is 0.834. The van der Waals surface area contributed by atoms with Crippen molar-refractivity contribution in [3.05, 3.63) is 35.6 Å². The summed E-state index contributed by atoms with van der Waals surface area (Å²) in [4.78, 5) is 14.2. The van der Waals surface area contributed by atoms with E-state index in [1.54, 1.807) is 25.1 Å². The molecule has 1 atom stereocenters. The molecule has 0 aliphatic rings. The summed E-state index contributed by atoms with van der Waals surface area (Å²) in [6, 6.07) is 6.15. The van der Waals surface area contributed by atoms with E-state index < -0.39 is 27.1 Å². The van der Waals surface area contributed by atoms with Gasteiger partial charge in [-0.15, -0.1) is 0 Å². The van der Waals surface area contributed by atoms with Gasteiger partial charge in [0.05, 0.1) is 11.7 Å². The number of nitrogens with zero attached hydrogens (tertiary/aromatic N) is 1. The average molecular weight is 329 g/mol. The Balaban J connectivity index is 3.04. The van der Waals surface area contributed by atoms with Crippen LogP contribution in [0.1, 0.15) is 39.2 Å². The van der Waals surface area contributed by atoms with Crippen molar-refractivity contribution in [1.29, 1.82) is 0 Å². The highest BCUT2D eigenvalue weighted by Gasteiger charge is 2.31. The Morgan fingerprint density at radius 2 is 1.82 bits per heavy atom. The zero-order chi connectivity index (χ0) is 17.1. The third-order valence-electron chi connectivity index (χ3n) is 3.50. The molecule has 0 aromatic heterocycles. The summed E-state index contributed by atoms with van der Waals surface area (Å²) in [5.74, 6) is -1.48. The summed E-state index contributed by atoms with van der Waals surface area (Å²) in [5.41, 5.74) is -0.220. The highest BCUT2D eigenvalue weighted by atomic mass is 32.2. The average Bonchev–Trinajstić information content (AvgIpc) is 2.35. The van der Waals surface area contributed by atoms with Crippen LogP contribution in [-0.2, 0) is 14.6 Å². The van der Waals surface area contributed by atoms with E-state index in [1.807, 2.05) is 20.8 Å². The van der Waals surface area contributed by atoms with Crippen molar-refractivity contribution in [2.75, 3.05) is 18.6 Å². The van der Waals surface area contributed by atoms with E-state index in [0.29, 0.717) is 5.56 Å². The minimum atomic E-state index is -3.18. The molecule has 22 heavy (non-hydrogen) atoms. The van der Waals surface area contributed by atoms with Crippen LogP contribution in [0.3, 0.4) is 0 Å². The Morgan fingerprint density at radius 1 is 1.27 bits per heavy atom. The van der Waals surface area contributed by atoms with Crippen molar-refractivity contribution in [3.8, 4) is 0 Å². The first-order valence-electron chi connectivity index (χ1n) is 7.17. The minimum absolute atomic E-state index is 0.0972. The van der Waals surface area contributed by atoms with E-state index in [1.165, 1.54) is 11.0 Å². The molecule has 0 aliphatic heterocycles. The van der Waals surface area contributed by atoms with Crippen LogP contribution in [0.4, 0.5) is 4.39 Å².